The van der Waals surface area contributed by atoms with Gasteiger partial charge in [0.25, 0.3) is 6.29 Å². The third-order valence-electron chi connectivity index (χ3n) is 13.5. The van der Waals surface area contributed by atoms with Crippen LogP contribution in [0.2, 0.25) is 0 Å². The molecule has 0 rings (SSSR count). The Morgan fingerprint density at radius 3 is 0.941 bits per heavy atom. The Kier molecular flexibility index (Phi) is 60.6. The Labute approximate surface area is 520 Å². The van der Waals surface area contributed by atoms with Gasteiger partial charge in [-0.3, -0.25) is 9.59 Å². The minimum Gasteiger partial charge on any atom is -0.477 e. The van der Waals surface area contributed by atoms with Crippen LogP contribution in [0.3, 0.4) is 0 Å². The highest BCUT2D eigenvalue weighted by Gasteiger charge is 2.25. The summed E-state index contributed by atoms with van der Waals surface area (Å²) in [6.07, 6.45) is 94.4. The summed E-state index contributed by atoms with van der Waals surface area (Å²) >= 11 is 0. The Hall–Kier alpha value is -5.35. The van der Waals surface area contributed by atoms with Crippen LogP contribution in [0.15, 0.2) is 170 Å². The number of rotatable bonds is 59. The number of allylic oxidation sites excluding steroid dienone is 28. The van der Waals surface area contributed by atoms with Crippen molar-refractivity contribution in [3.63, 3.8) is 0 Å². The van der Waals surface area contributed by atoms with Gasteiger partial charge in [0, 0.05) is 12.8 Å². The molecule has 0 heterocycles. The second kappa shape index (κ2) is 64.6. The van der Waals surface area contributed by atoms with E-state index in [-0.39, 0.29) is 38.6 Å². The van der Waals surface area contributed by atoms with Gasteiger partial charge in [0.05, 0.1) is 34.4 Å². The normalized spacial score (nSPS) is 13.8. The minimum atomic E-state index is -1.53. The highest BCUT2D eigenvalue weighted by molar-refractivity contribution is 5.71. The zero-order chi connectivity index (χ0) is 61.9. The predicted octanol–water partition coefficient (Wildman–Crippen LogP) is 20.7. The van der Waals surface area contributed by atoms with Crippen LogP contribution in [0.25, 0.3) is 0 Å². The number of hydrogen-bond donors (Lipinski definition) is 1. The topological polar surface area (TPSA) is 108 Å². The van der Waals surface area contributed by atoms with Crippen LogP contribution in [0.4, 0.5) is 0 Å². The van der Waals surface area contributed by atoms with Crippen molar-refractivity contribution in [2.75, 3.05) is 47.5 Å². The number of nitrogens with zero attached hydrogens (tertiary/aromatic N) is 1. The molecule has 9 heteroatoms. The van der Waals surface area contributed by atoms with Gasteiger partial charge in [0.15, 0.2) is 6.10 Å². The first kappa shape index (κ1) is 79.7. The van der Waals surface area contributed by atoms with E-state index in [0.717, 1.165) is 148 Å². The summed E-state index contributed by atoms with van der Waals surface area (Å²) in [6.45, 7) is 4.61. The van der Waals surface area contributed by atoms with Gasteiger partial charge in [-0.1, -0.05) is 261 Å². The third-order valence-corrected chi connectivity index (χ3v) is 13.5. The average Bonchev–Trinajstić information content (AvgIpc) is 3.49. The molecule has 2 atom stereocenters. The average molecular weight is 1180 g/mol. The van der Waals surface area contributed by atoms with E-state index < -0.39 is 24.3 Å². The highest BCUT2D eigenvalue weighted by atomic mass is 16.7. The Balaban J connectivity index is 4.26. The lowest BCUT2D eigenvalue weighted by Gasteiger charge is -2.25. The van der Waals surface area contributed by atoms with Crippen LogP contribution in [0, 0.1) is 0 Å². The molecule has 0 amide bonds. The number of quaternary nitrogens is 1. The third kappa shape index (κ3) is 66.0. The molecule has 2 unspecified atom stereocenters. The summed E-state index contributed by atoms with van der Waals surface area (Å²) in [5.41, 5.74) is 0. The van der Waals surface area contributed by atoms with Crippen molar-refractivity contribution in [3.8, 4) is 0 Å². The van der Waals surface area contributed by atoms with Crippen molar-refractivity contribution in [3.05, 3.63) is 170 Å². The molecule has 0 saturated heterocycles. The van der Waals surface area contributed by atoms with E-state index in [2.05, 4.69) is 184 Å². The van der Waals surface area contributed by atoms with Crippen LogP contribution >= 0.6 is 0 Å². The van der Waals surface area contributed by atoms with Crippen molar-refractivity contribution in [1.82, 2.24) is 0 Å². The van der Waals surface area contributed by atoms with Crippen LogP contribution in [0.5, 0.6) is 0 Å². The first-order valence-corrected chi connectivity index (χ1v) is 33.3. The lowest BCUT2D eigenvalue weighted by Crippen LogP contribution is -2.40. The van der Waals surface area contributed by atoms with Crippen molar-refractivity contribution < 1.29 is 42.9 Å². The molecule has 478 valence electrons. The molecule has 0 fully saturated rings. The molecular formula is C76H122NO8+. The highest BCUT2D eigenvalue weighted by Crippen LogP contribution is 2.15. The number of carboxylic acids is 1. The second-order valence-electron chi connectivity index (χ2n) is 22.7. The molecule has 0 aliphatic heterocycles. The quantitative estimate of drug-likeness (QED) is 0.0211. The molecule has 0 radical (unpaired) electrons. The largest absolute Gasteiger partial charge is 0.477 e. The fourth-order valence-corrected chi connectivity index (χ4v) is 8.44. The summed E-state index contributed by atoms with van der Waals surface area (Å²) in [4.78, 5) is 37.6. The Bertz CT molecular complexity index is 2000. The number of aliphatic carboxylic acids is 1. The van der Waals surface area contributed by atoms with Crippen LogP contribution in [-0.2, 0) is 33.3 Å². The second-order valence-corrected chi connectivity index (χ2v) is 22.7. The van der Waals surface area contributed by atoms with E-state index in [0.29, 0.717) is 17.4 Å². The van der Waals surface area contributed by atoms with Crippen LogP contribution in [-0.4, -0.2) is 87.4 Å². The maximum absolute atomic E-state index is 12.9. The summed E-state index contributed by atoms with van der Waals surface area (Å²) < 4.78 is 22.9. The number of carbonyl (C=O) groups excluding carboxylic acids is 2. The first-order valence-electron chi connectivity index (χ1n) is 33.3. The van der Waals surface area contributed by atoms with E-state index in [1.165, 1.54) is 51.4 Å². The molecular weight excluding hydrogens is 1050 g/mol. The molecule has 0 saturated carbocycles. The summed E-state index contributed by atoms with van der Waals surface area (Å²) in [5, 5.41) is 9.74. The van der Waals surface area contributed by atoms with E-state index in [1.54, 1.807) is 0 Å². The first-order chi connectivity index (χ1) is 41.6. The number of esters is 2. The molecule has 1 N–H and O–H groups in total. The van der Waals surface area contributed by atoms with E-state index >= 15 is 0 Å². The number of carbonyl (C=O) groups is 3. The molecule has 0 aromatic carbocycles. The molecule has 9 nitrogen and oxygen atoms in total. The fourth-order valence-electron chi connectivity index (χ4n) is 8.44. The number of ether oxygens (including phenoxy) is 4. The SMILES string of the molecule is CC/C=C\C/C=C\C/C=C\C/C=C\C/C=C\C/C=C\C/C=C\C/C=C\CCCCCCCCCCC(=O)OC(COC(=O)CCCCCCCCCC/C=C\C/C=C\C/C=C\C/C=C\C/C=C\C/C=C\CC)COC(OCC[N+](C)(C)C)C(=O)O. The monoisotopic (exact) mass is 1180 g/mol. The smallest absolute Gasteiger partial charge is 0.361 e. The van der Waals surface area contributed by atoms with Crippen LogP contribution < -0.4 is 0 Å². The fraction of sp³-hybridized carbons (Fsp3) is 0.592. The molecule has 0 aliphatic rings. The molecule has 0 spiro atoms. The van der Waals surface area contributed by atoms with Crippen molar-refractivity contribution >= 4 is 17.9 Å². The minimum absolute atomic E-state index is 0.175. The lowest BCUT2D eigenvalue weighted by molar-refractivity contribution is -0.870. The molecule has 85 heavy (non-hydrogen) atoms. The van der Waals surface area contributed by atoms with Gasteiger partial charge in [-0.25, -0.2) is 4.79 Å². The number of unbranched alkanes of at least 4 members (excludes halogenated alkanes) is 16. The number of hydrogen-bond acceptors (Lipinski definition) is 7. The van der Waals surface area contributed by atoms with Gasteiger partial charge in [-0.2, -0.15) is 0 Å². The lowest BCUT2D eigenvalue weighted by atomic mass is 10.1. The molecule has 0 aromatic heterocycles. The Morgan fingerprint density at radius 2 is 0.635 bits per heavy atom. The van der Waals surface area contributed by atoms with Crippen molar-refractivity contribution in [2.45, 2.75) is 245 Å². The Morgan fingerprint density at radius 1 is 0.353 bits per heavy atom. The van der Waals surface area contributed by atoms with Gasteiger partial charge in [-0.15, -0.1) is 0 Å². The van der Waals surface area contributed by atoms with Gasteiger partial charge < -0.3 is 28.5 Å². The molecule has 0 aliphatic carbocycles. The van der Waals surface area contributed by atoms with Gasteiger partial charge in [-0.05, 0) is 128 Å². The van der Waals surface area contributed by atoms with Gasteiger partial charge in [0.2, 0.25) is 0 Å². The zero-order valence-electron chi connectivity index (χ0n) is 54.4. The standard InChI is InChI=1S/C76H121NO8/c1-6-8-10-12-14-16-18-20-22-24-26-28-30-32-34-35-36-37-38-39-41-43-45-47-49-51-53-55-57-59-61-63-65-67-74(79)85-72(71-84-76(75(80)81)82-69-68-77(3,4)5)70-83-73(78)66-64-62-60-58-56-54-52-50-48-46-44-42-40-33-31-29-27-25-23-21-19-17-15-13-11-9-7-2/h8-11,14-17,20-23,26-29,32-34,36-37,39-41,44-47,72,76H,6-7,12-13,18-19,24-25,30-31,35,38,42-43,48-71H2,1-5H3/p+1/b10-8-,11-9-,16-14-,17-15-,22-20-,23-21-,28-26-,29-27-,34-32-,37-36-,40-33-,41-39-,46-44-,47-45-. The maximum Gasteiger partial charge on any atom is 0.361 e. The molecule has 0 bridgehead atoms. The maximum atomic E-state index is 12.9. The summed E-state index contributed by atoms with van der Waals surface area (Å²) in [7, 11) is 5.96. The number of likely N-dealkylation sites (N-methyl/N-ethyl adjacent to an activating group) is 1. The van der Waals surface area contributed by atoms with Gasteiger partial charge in [0.1, 0.15) is 13.2 Å². The van der Waals surface area contributed by atoms with Crippen molar-refractivity contribution in [2.24, 2.45) is 0 Å². The predicted molar refractivity (Wildman–Crippen MR) is 363 cm³/mol. The summed E-state index contributed by atoms with van der Waals surface area (Å²) in [6, 6.07) is 0. The number of carboxylic acid groups (broad SMARTS) is 1. The van der Waals surface area contributed by atoms with Gasteiger partial charge >= 0.3 is 17.9 Å². The summed E-state index contributed by atoms with van der Waals surface area (Å²) in [5.74, 6) is -2.05. The van der Waals surface area contributed by atoms with Crippen molar-refractivity contribution in [1.29, 1.82) is 0 Å². The molecule has 0 aromatic rings. The van der Waals surface area contributed by atoms with E-state index in [1.807, 2.05) is 21.1 Å². The van der Waals surface area contributed by atoms with E-state index in [9.17, 15) is 19.5 Å². The zero-order valence-corrected chi connectivity index (χ0v) is 54.4. The van der Waals surface area contributed by atoms with Crippen LogP contribution in [0.1, 0.15) is 232 Å². The van der Waals surface area contributed by atoms with E-state index in [4.69, 9.17) is 18.9 Å².